The van der Waals surface area contributed by atoms with Gasteiger partial charge in [-0.25, -0.2) is 0 Å². The van der Waals surface area contributed by atoms with Crippen molar-refractivity contribution >= 4 is 23.4 Å². The number of amides is 1. The first-order valence-electron chi connectivity index (χ1n) is 7.23. The number of para-hydroxylation sites is 1. The maximum atomic E-state index is 10.9. The first-order valence-corrected chi connectivity index (χ1v) is 8.21. The first kappa shape index (κ1) is 15.2. The molecular weight excluding hydrogens is 268 g/mol. The van der Waals surface area contributed by atoms with Crippen molar-refractivity contribution in [1.29, 1.82) is 0 Å². The van der Waals surface area contributed by atoms with Gasteiger partial charge in [-0.3, -0.25) is 4.79 Å². The molecule has 1 fully saturated rings. The van der Waals surface area contributed by atoms with E-state index in [0.29, 0.717) is 17.2 Å². The van der Waals surface area contributed by atoms with Gasteiger partial charge < -0.3 is 11.1 Å². The van der Waals surface area contributed by atoms with Crippen LogP contribution in [0.3, 0.4) is 0 Å². The Morgan fingerprint density at radius 1 is 1.35 bits per heavy atom. The van der Waals surface area contributed by atoms with Gasteiger partial charge in [-0.2, -0.15) is 0 Å². The van der Waals surface area contributed by atoms with Crippen LogP contribution in [0.1, 0.15) is 39.5 Å². The molecule has 0 atom stereocenters. The summed E-state index contributed by atoms with van der Waals surface area (Å²) in [5.74, 6) is 0.0559. The van der Waals surface area contributed by atoms with Gasteiger partial charge in [-0.15, -0.1) is 11.8 Å². The zero-order valence-corrected chi connectivity index (χ0v) is 13.1. The predicted molar refractivity (Wildman–Crippen MR) is 86.0 cm³/mol. The minimum Gasteiger partial charge on any atom is -0.381 e. The second-order valence-corrected chi connectivity index (χ2v) is 7.35. The quantitative estimate of drug-likeness (QED) is 0.815. The fourth-order valence-electron chi connectivity index (χ4n) is 2.62. The van der Waals surface area contributed by atoms with Crippen molar-refractivity contribution in [1.82, 2.24) is 0 Å². The predicted octanol–water partition coefficient (Wildman–Crippen LogP) is 3.64. The maximum absolute atomic E-state index is 10.9. The molecule has 0 radical (unpaired) electrons. The number of benzene rings is 1. The first-order chi connectivity index (χ1) is 9.46. The lowest BCUT2D eigenvalue weighted by molar-refractivity contribution is -0.115. The molecule has 110 valence electrons. The van der Waals surface area contributed by atoms with E-state index < -0.39 is 0 Å². The molecule has 1 amide bonds. The van der Waals surface area contributed by atoms with Gasteiger partial charge in [0.2, 0.25) is 5.91 Å². The summed E-state index contributed by atoms with van der Waals surface area (Å²) in [5.41, 5.74) is 6.84. The van der Waals surface area contributed by atoms with Crippen molar-refractivity contribution in [3.05, 3.63) is 24.3 Å². The van der Waals surface area contributed by atoms with Gasteiger partial charge in [0.15, 0.2) is 0 Å². The number of hydrogen-bond acceptors (Lipinski definition) is 3. The number of carbonyl (C=O) groups excluding carboxylic acids is 1. The lowest BCUT2D eigenvalue weighted by Crippen LogP contribution is -2.30. The average Bonchev–Trinajstić information content (AvgIpc) is 2.40. The van der Waals surface area contributed by atoms with Crippen LogP contribution in [0.15, 0.2) is 29.2 Å². The fourth-order valence-corrected chi connectivity index (χ4v) is 3.38. The van der Waals surface area contributed by atoms with E-state index in [2.05, 4.69) is 25.2 Å². The second-order valence-electron chi connectivity index (χ2n) is 6.33. The summed E-state index contributed by atoms with van der Waals surface area (Å²) < 4.78 is 0. The van der Waals surface area contributed by atoms with E-state index in [4.69, 9.17) is 5.73 Å². The summed E-state index contributed by atoms with van der Waals surface area (Å²) >= 11 is 1.51. The molecular formula is C16H24N2OS. The van der Waals surface area contributed by atoms with Crippen LogP contribution >= 0.6 is 11.8 Å². The molecule has 0 spiro atoms. The number of nitrogens with one attached hydrogen (secondary N) is 1. The number of thioether (sulfide) groups is 1. The van der Waals surface area contributed by atoms with Crippen LogP contribution in [0, 0.1) is 5.41 Å². The van der Waals surface area contributed by atoms with Crippen LogP contribution in [0.5, 0.6) is 0 Å². The molecule has 0 unspecified atom stereocenters. The van der Waals surface area contributed by atoms with E-state index in [1.165, 1.54) is 37.4 Å². The molecule has 4 heteroatoms. The largest absolute Gasteiger partial charge is 0.381 e. The molecule has 20 heavy (non-hydrogen) atoms. The molecule has 0 bridgehead atoms. The molecule has 1 saturated carbocycles. The van der Waals surface area contributed by atoms with Crippen molar-refractivity contribution in [2.45, 2.75) is 50.5 Å². The van der Waals surface area contributed by atoms with E-state index in [1.54, 1.807) is 0 Å². The highest BCUT2D eigenvalue weighted by Crippen LogP contribution is 2.37. The summed E-state index contributed by atoms with van der Waals surface area (Å²) in [6, 6.07) is 8.70. The van der Waals surface area contributed by atoms with Gasteiger partial charge >= 0.3 is 0 Å². The van der Waals surface area contributed by atoms with Gasteiger partial charge in [-0.1, -0.05) is 26.0 Å². The standard InChI is InChI=1S/C16H24N2OS/c1-16(2)9-7-12(8-10-16)18-13-5-3-4-6-14(13)20-11-15(17)19/h3-6,12,18H,7-11H2,1-2H3,(H2,17,19). The van der Waals surface area contributed by atoms with Crippen molar-refractivity contribution in [2.24, 2.45) is 11.1 Å². The Bertz CT molecular complexity index is 463. The van der Waals surface area contributed by atoms with Gasteiger partial charge in [0, 0.05) is 16.6 Å². The Labute approximate surface area is 125 Å². The minimum absolute atomic E-state index is 0.274. The third-order valence-corrected chi connectivity index (χ3v) is 5.05. The number of primary amides is 1. The van der Waals surface area contributed by atoms with Crippen molar-refractivity contribution < 1.29 is 4.79 Å². The Morgan fingerprint density at radius 3 is 2.65 bits per heavy atom. The SMILES string of the molecule is CC1(C)CCC(Nc2ccccc2SCC(N)=O)CC1. The number of nitrogens with two attached hydrogens (primary N) is 1. The lowest BCUT2D eigenvalue weighted by Gasteiger charge is -2.35. The monoisotopic (exact) mass is 292 g/mol. The number of hydrogen-bond donors (Lipinski definition) is 2. The fraction of sp³-hybridized carbons (Fsp3) is 0.562. The summed E-state index contributed by atoms with van der Waals surface area (Å²) in [6.07, 6.45) is 4.95. The number of carbonyl (C=O) groups is 1. The molecule has 3 N–H and O–H groups in total. The van der Waals surface area contributed by atoms with E-state index in [9.17, 15) is 4.79 Å². The van der Waals surface area contributed by atoms with Crippen molar-refractivity contribution in [2.75, 3.05) is 11.1 Å². The van der Waals surface area contributed by atoms with Gasteiger partial charge in [0.05, 0.1) is 5.75 Å². The van der Waals surface area contributed by atoms with Crippen LogP contribution in [0.25, 0.3) is 0 Å². The smallest absolute Gasteiger partial charge is 0.227 e. The zero-order valence-electron chi connectivity index (χ0n) is 12.3. The van der Waals surface area contributed by atoms with E-state index in [0.717, 1.165) is 10.6 Å². The van der Waals surface area contributed by atoms with Crippen LogP contribution in [-0.4, -0.2) is 17.7 Å². The van der Waals surface area contributed by atoms with Gasteiger partial charge in [0.25, 0.3) is 0 Å². The summed E-state index contributed by atoms with van der Waals surface area (Å²) in [4.78, 5) is 12.0. The Morgan fingerprint density at radius 2 is 2.00 bits per heavy atom. The van der Waals surface area contributed by atoms with Crippen LogP contribution in [0.2, 0.25) is 0 Å². The molecule has 0 aliphatic heterocycles. The molecule has 0 saturated heterocycles. The van der Waals surface area contributed by atoms with Gasteiger partial charge in [-0.05, 0) is 43.2 Å². The minimum atomic E-state index is -0.274. The molecule has 1 aliphatic carbocycles. The highest BCUT2D eigenvalue weighted by molar-refractivity contribution is 8.00. The maximum Gasteiger partial charge on any atom is 0.227 e. The van der Waals surface area contributed by atoms with Gasteiger partial charge in [0.1, 0.15) is 0 Å². The average molecular weight is 292 g/mol. The molecule has 3 nitrogen and oxygen atoms in total. The zero-order chi connectivity index (χ0) is 14.6. The lowest BCUT2D eigenvalue weighted by atomic mass is 9.75. The summed E-state index contributed by atoms with van der Waals surface area (Å²) in [6.45, 7) is 4.69. The van der Waals surface area contributed by atoms with Crippen LogP contribution < -0.4 is 11.1 Å². The molecule has 1 aromatic carbocycles. The molecule has 1 aliphatic rings. The highest BCUT2D eigenvalue weighted by Gasteiger charge is 2.26. The topological polar surface area (TPSA) is 55.1 Å². The normalized spacial score (nSPS) is 18.7. The molecule has 1 aromatic rings. The third kappa shape index (κ3) is 4.44. The highest BCUT2D eigenvalue weighted by atomic mass is 32.2. The number of anilines is 1. The van der Waals surface area contributed by atoms with E-state index in [1.807, 2.05) is 18.2 Å². The third-order valence-electron chi connectivity index (χ3n) is 3.96. The Balaban J connectivity index is 1.97. The Hall–Kier alpha value is -1.16. The van der Waals surface area contributed by atoms with Crippen molar-refractivity contribution in [3.63, 3.8) is 0 Å². The van der Waals surface area contributed by atoms with Crippen LogP contribution in [-0.2, 0) is 4.79 Å². The molecule has 0 aromatic heterocycles. The number of rotatable bonds is 5. The second kappa shape index (κ2) is 6.53. The van der Waals surface area contributed by atoms with Crippen LogP contribution in [0.4, 0.5) is 5.69 Å². The summed E-state index contributed by atoms with van der Waals surface area (Å²) in [5, 5.41) is 3.64. The van der Waals surface area contributed by atoms with Crippen molar-refractivity contribution in [3.8, 4) is 0 Å². The molecule has 0 heterocycles. The van der Waals surface area contributed by atoms with E-state index in [-0.39, 0.29) is 5.91 Å². The molecule has 2 rings (SSSR count). The van der Waals surface area contributed by atoms with E-state index >= 15 is 0 Å². The summed E-state index contributed by atoms with van der Waals surface area (Å²) in [7, 11) is 0. The Kier molecular flexibility index (Phi) is 4.97.